The Hall–Kier alpha value is -1.04. The maximum Gasteiger partial charge on any atom is 0.334 e. The first-order valence-corrected chi connectivity index (χ1v) is 17.4. The van der Waals surface area contributed by atoms with Gasteiger partial charge in [-0.15, -0.1) is 0 Å². The van der Waals surface area contributed by atoms with Gasteiger partial charge >= 0.3 is 7.60 Å². The highest BCUT2D eigenvalue weighted by Crippen LogP contribution is 2.54. The molecular formula is C15H27ClN5O3PSi2. The molecule has 2 heterocycles. The number of anilines is 1. The van der Waals surface area contributed by atoms with Gasteiger partial charge in [0.2, 0.25) is 5.95 Å². The van der Waals surface area contributed by atoms with E-state index < -0.39 is 24.2 Å². The summed E-state index contributed by atoms with van der Waals surface area (Å²) in [4.78, 5) is 12.3. The van der Waals surface area contributed by atoms with Crippen molar-refractivity contribution < 1.29 is 13.0 Å². The van der Waals surface area contributed by atoms with Crippen molar-refractivity contribution in [2.45, 2.75) is 52.2 Å². The van der Waals surface area contributed by atoms with Crippen molar-refractivity contribution in [3.63, 3.8) is 0 Å². The molecule has 0 aliphatic carbocycles. The smallest absolute Gasteiger partial charge is 0.334 e. The molecule has 0 unspecified atom stereocenters. The van der Waals surface area contributed by atoms with Gasteiger partial charge in [-0.25, -0.2) is 4.98 Å². The Kier molecular flexibility index (Phi) is 6.71. The fourth-order valence-electron chi connectivity index (χ4n) is 2.35. The first kappa shape index (κ1) is 22.3. The number of fused-ring (bicyclic) bond motifs is 1. The zero-order valence-corrected chi connectivity index (χ0v) is 20.2. The van der Waals surface area contributed by atoms with Crippen LogP contribution in [0.15, 0.2) is 18.2 Å². The lowest BCUT2D eigenvalue weighted by Gasteiger charge is -2.29. The van der Waals surface area contributed by atoms with Gasteiger partial charge in [0.25, 0.3) is 0 Å². The molecular weight excluding hydrogens is 421 g/mol. The van der Waals surface area contributed by atoms with Gasteiger partial charge in [-0.05, 0) is 45.7 Å². The number of nitrogen functional groups attached to an aromatic ring is 1. The summed E-state index contributed by atoms with van der Waals surface area (Å²) in [6, 6.07) is 0. The van der Waals surface area contributed by atoms with Gasteiger partial charge in [0.05, 0.1) is 6.33 Å². The average Bonchev–Trinajstić information content (AvgIpc) is 2.82. The third-order valence-corrected chi connectivity index (χ3v) is 10.3. The lowest BCUT2D eigenvalue weighted by Crippen LogP contribution is -2.29. The summed E-state index contributed by atoms with van der Waals surface area (Å²) < 4.78 is 26.8. The van der Waals surface area contributed by atoms with Gasteiger partial charge in [-0.2, -0.15) is 9.97 Å². The molecule has 0 fully saturated rings. The van der Waals surface area contributed by atoms with Crippen molar-refractivity contribution in [3.8, 4) is 0 Å². The van der Waals surface area contributed by atoms with Crippen LogP contribution in [-0.2, 0) is 19.5 Å². The fraction of sp³-hybridized carbons (Fsp3) is 0.533. The number of nitrogens with zero attached hydrogens (tertiary/aromatic N) is 4. The molecule has 0 aromatic carbocycles. The number of imidazole rings is 1. The second-order valence-electron chi connectivity index (χ2n) is 8.10. The summed E-state index contributed by atoms with van der Waals surface area (Å²) in [5.41, 5.74) is 6.73. The normalized spacial score (nSPS) is 13.7. The standard InChI is InChI=1S/C15H27ClN5O3PSi2/c1-26(2,3)23-25(22,24-27(4,5)6)10-8-7-9-21-11-18-12-13(16)19-15(17)20-14(12)21/h8,10-11H,7,9H2,1-6H3,(H2,17,19,20)/b10-8+. The van der Waals surface area contributed by atoms with Gasteiger partial charge in [-0.1, -0.05) is 17.7 Å². The van der Waals surface area contributed by atoms with E-state index >= 15 is 0 Å². The molecule has 27 heavy (non-hydrogen) atoms. The van der Waals surface area contributed by atoms with Crippen molar-refractivity contribution in [2.24, 2.45) is 0 Å². The molecule has 0 amide bonds. The Balaban J connectivity index is 2.13. The summed E-state index contributed by atoms with van der Waals surface area (Å²) in [7, 11) is -7.35. The fourth-order valence-corrected chi connectivity index (χ4v) is 10.1. The van der Waals surface area contributed by atoms with Crippen LogP contribution < -0.4 is 5.73 Å². The zero-order valence-electron chi connectivity index (χ0n) is 16.6. The van der Waals surface area contributed by atoms with Crippen LogP contribution in [0.5, 0.6) is 0 Å². The summed E-state index contributed by atoms with van der Waals surface area (Å²) in [6.07, 6.45) is 4.05. The van der Waals surface area contributed by atoms with E-state index in [0.29, 0.717) is 24.1 Å². The van der Waals surface area contributed by atoms with Crippen molar-refractivity contribution in [1.82, 2.24) is 19.5 Å². The lowest BCUT2D eigenvalue weighted by molar-refractivity contribution is 0.395. The maximum absolute atomic E-state index is 13.2. The highest BCUT2D eigenvalue weighted by molar-refractivity contribution is 7.60. The van der Waals surface area contributed by atoms with Crippen molar-refractivity contribution >= 4 is 52.9 Å². The molecule has 0 saturated heterocycles. The monoisotopic (exact) mass is 447 g/mol. The minimum Gasteiger partial charge on any atom is -0.368 e. The molecule has 8 nitrogen and oxygen atoms in total. The zero-order chi connectivity index (χ0) is 20.5. The number of halogens is 1. The quantitative estimate of drug-likeness (QED) is 0.349. The van der Waals surface area contributed by atoms with Crippen LogP contribution in [-0.4, -0.2) is 36.2 Å². The Bertz CT molecular complexity index is 872. The second-order valence-corrected chi connectivity index (χ2v) is 19.7. The number of rotatable bonds is 8. The van der Waals surface area contributed by atoms with Crippen LogP contribution in [0, 0.1) is 0 Å². The van der Waals surface area contributed by atoms with Crippen molar-refractivity contribution in [2.75, 3.05) is 5.73 Å². The molecule has 2 rings (SSSR count). The molecule has 0 radical (unpaired) electrons. The Morgan fingerprint density at radius 1 is 1.19 bits per heavy atom. The predicted molar refractivity (Wildman–Crippen MR) is 115 cm³/mol. The highest BCUT2D eigenvalue weighted by atomic mass is 35.5. The summed E-state index contributed by atoms with van der Waals surface area (Å²) >= 11 is 6.04. The molecule has 0 spiro atoms. The maximum atomic E-state index is 13.2. The third-order valence-electron chi connectivity index (χ3n) is 3.07. The van der Waals surface area contributed by atoms with E-state index in [4.69, 9.17) is 25.8 Å². The number of hydrogen-bond acceptors (Lipinski definition) is 7. The third kappa shape index (κ3) is 6.81. The Morgan fingerprint density at radius 2 is 1.78 bits per heavy atom. The largest absolute Gasteiger partial charge is 0.368 e. The van der Waals surface area contributed by atoms with Crippen molar-refractivity contribution in [3.05, 3.63) is 23.4 Å². The van der Waals surface area contributed by atoms with E-state index in [2.05, 4.69) is 15.0 Å². The van der Waals surface area contributed by atoms with E-state index in [1.54, 1.807) is 12.1 Å². The molecule has 0 saturated carbocycles. The number of aryl methyl sites for hydroxylation is 1. The van der Waals surface area contributed by atoms with Crippen molar-refractivity contribution in [1.29, 1.82) is 0 Å². The minimum atomic E-state index is -3.28. The molecule has 12 heteroatoms. The minimum absolute atomic E-state index is 0.0985. The van der Waals surface area contributed by atoms with E-state index in [9.17, 15) is 4.57 Å². The Morgan fingerprint density at radius 3 is 2.33 bits per heavy atom. The van der Waals surface area contributed by atoms with E-state index in [1.807, 2.05) is 49.9 Å². The molecule has 0 bridgehead atoms. The number of aromatic nitrogens is 4. The average molecular weight is 448 g/mol. The van der Waals surface area contributed by atoms with Crippen LogP contribution in [0.3, 0.4) is 0 Å². The van der Waals surface area contributed by atoms with Crippen LogP contribution in [0.25, 0.3) is 11.2 Å². The first-order chi connectivity index (χ1) is 12.3. The van der Waals surface area contributed by atoms with Gasteiger partial charge < -0.3 is 18.7 Å². The van der Waals surface area contributed by atoms with Crippen LogP contribution in [0.2, 0.25) is 44.4 Å². The molecule has 2 N–H and O–H groups in total. The second kappa shape index (κ2) is 8.14. The van der Waals surface area contributed by atoms with Crippen LogP contribution in [0.1, 0.15) is 6.42 Å². The van der Waals surface area contributed by atoms with Gasteiger partial charge in [-0.3, -0.25) is 4.57 Å². The molecule has 0 aliphatic heterocycles. The van der Waals surface area contributed by atoms with Gasteiger partial charge in [0, 0.05) is 12.4 Å². The Labute approximate surface area is 166 Å². The molecule has 2 aromatic heterocycles. The summed E-state index contributed by atoms with van der Waals surface area (Å²) in [5.74, 6) is 1.68. The molecule has 150 valence electrons. The van der Waals surface area contributed by atoms with Crippen LogP contribution in [0.4, 0.5) is 5.95 Å². The lowest BCUT2D eigenvalue weighted by atomic mass is 10.4. The van der Waals surface area contributed by atoms with Gasteiger partial charge in [0.1, 0.15) is 5.52 Å². The van der Waals surface area contributed by atoms with E-state index in [1.165, 1.54) is 0 Å². The van der Waals surface area contributed by atoms with Gasteiger partial charge in [0.15, 0.2) is 27.4 Å². The van der Waals surface area contributed by atoms with E-state index in [0.717, 1.165) is 0 Å². The highest BCUT2D eigenvalue weighted by Gasteiger charge is 2.34. The van der Waals surface area contributed by atoms with E-state index in [-0.39, 0.29) is 11.1 Å². The first-order valence-electron chi connectivity index (χ1n) is 8.61. The predicted octanol–water partition coefficient (Wildman–Crippen LogP) is 4.86. The summed E-state index contributed by atoms with van der Waals surface area (Å²) in [6.45, 7) is 12.5. The molecule has 2 aromatic rings. The molecule has 0 atom stereocenters. The number of hydrogen-bond donors (Lipinski definition) is 1. The molecule has 0 aliphatic rings. The number of allylic oxidation sites excluding steroid dienone is 1. The topological polar surface area (TPSA) is 105 Å². The number of nitrogens with two attached hydrogens (primary N) is 1. The van der Waals surface area contributed by atoms with Crippen LogP contribution >= 0.6 is 19.2 Å². The SMILES string of the molecule is C[Si](C)(C)OP(=O)(/C=C/CCn1cnc2c(Cl)nc(N)nc21)O[Si](C)(C)C. The summed E-state index contributed by atoms with van der Waals surface area (Å²) in [5, 5.41) is 0.225.